The van der Waals surface area contributed by atoms with E-state index in [4.69, 9.17) is 4.74 Å². The van der Waals surface area contributed by atoms with Crippen LogP contribution in [-0.4, -0.2) is 28.9 Å². The maximum absolute atomic E-state index is 13.4. The second-order valence-electron chi connectivity index (χ2n) is 6.66. The highest BCUT2D eigenvalue weighted by atomic mass is 79.9. The molecule has 1 saturated heterocycles. The van der Waals surface area contributed by atoms with Crippen LogP contribution in [0.1, 0.15) is 18.4 Å². The molecule has 3 aromatic rings. The highest BCUT2D eigenvalue weighted by Crippen LogP contribution is 2.36. The van der Waals surface area contributed by atoms with Crippen LogP contribution in [0.4, 0.5) is 5.69 Å². The molecule has 27 heavy (non-hydrogen) atoms. The van der Waals surface area contributed by atoms with Crippen molar-refractivity contribution in [3.8, 4) is 5.69 Å². The number of ether oxygens (including phenoxy) is 1. The quantitative estimate of drug-likeness (QED) is 0.676. The normalized spacial score (nSPS) is 16.0. The summed E-state index contributed by atoms with van der Waals surface area (Å²) in [4.78, 5) is 13.4. The minimum Gasteiger partial charge on any atom is -0.381 e. The zero-order valence-electron chi connectivity index (χ0n) is 14.8. The lowest BCUT2D eigenvalue weighted by Gasteiger charge is -2.36. The van der Waals surface area contributed by atoms with Crippen molar-refractivity contribution in [1.29, 1.82) is 0 Å². The highest BCUT2D eigenvalue weighted by Gasteiger charge is 2.41. The Kier molecular flexibility index (Phi) is 5.09. The molecule has 1 fully saturated rings. The van der Waals surface area contributed by atoms with Crippen molar-refractivity contribution in [2.45, 2.75) is 18.3 Å². The fourth-order valence-electron chi connectivity index (χ4n) is 3.53. The Bertz CT molecular complexity index is 917. The van der Waals surface area contributed by atoms with Crippen LogP contribution in [0.15, 0.2) is 71.5 Å². The van der Waals surface area contributed by atoms with Gasteiger partial charge in [-0.25, -0.2) is 4.68 Å². The first kappa shape index (κ1) is 17.9. The average molecular weight is 426 g/mol. The Morgan fingerprint density at radius 2 is 1.89 bits per heavy atom. The van der Waals surface area contributed by atoms with Crippen LogP contribution in [0.3, 0.4) is 0 Å². The number of anilines is 1. The van der Waals surface area contributed by atoms with E-state index in [1.165, 1.54) is 0 Å². The SMILES string of the molecule is O=C(Nc1cccc(-n2cccn2)c1)C1(c2ccc(Br)cc2)CCOCC1. The average Bonchev–Trinajstić information content (AvgIpc) is 3.24. The molecule has 1 amide bonds. The molecule has 2 aromatic carbocycles. The lowest BCUT2D eigenvalue weighted by Crippen LogP contribution is -2.44. The predicted octanol–water partition coefficient (Wildman–Crippen LogP) is 4.32. The highest BCUT2D eigenvalue weighted by molar-refractivity contribution is 9.10. The van der Waals surface area contributed by atoms with E-state index < -0.39 is 5.41 Å². The maximum atomic E-state index is 13.4. The summed E-state index contributed by atoms with van der Waals surface area (Å²) >= 11 is 3.47. The molecule has 1 N–H and O–H groups in total. The maximum Gasteiger partial charge on any atom is 0.235 e. The third-order valence-electron chi connectivity index (χ3n) is 5.05. The minimum absolute atomic E-state index is 0.00531. The summed E-state index contributed by atoms with van der Waals surface area (Å²) in [7, 11) is 0. The van der Waals surface area contributed by atoms with E-state index >= 15 is 0 Å². The molecule has 0 unspecified atom stereocenters. The van der Waals surface area contributed by atoms with Gasteiger partial charge in [0, 0.05) is 35.8 Å². The number of carbonyl (C=O) groups is 1. The third kappa shape index (κ3) is 3.68. The molecular weight excluding hydrogens is 406 g/mol. The molecule has 0 saturated carbocycles. The summed E-state index contributed by atoms with van der Waals surface area (Å²) in [5.74, 6) is 0.00531. The lowest BCUT2D eigenvalue weighted by molar-refractivity contribution is -0.125. The van der Waals surface area contributed by atoms with Gasteiger partial charge in [0.15, 0.2) is 0 Å². The van der Waals surface area contributed by atoms with Crippen molar-refractivity contribution in [3.05, 3.63) is 77.0 Å². The minimum atomic E-state index is -0.583. The van der Waals surface area contributed by atoms with Gasteiger partial charge in [-0.15, -0.1) is 0 Å². The van der Waals surface area contributed by atoms with Crippen molar-refractivity contribution in [2.24, 2.45) is 0 Å². The second-order valence-corrected chi connectivity index (χ2v) is 7.57. The molecule has 0 atom stereocenters. The van der Waals surface area contributed by atoms with Crippen LogP contribution in [0, 0.1) is 0 Å². The summed E-state index contributed by atoms with van der Waals surface area (Å²) in [6.45, 7) is 1.16. The molecular formula is C21H20BrN3O2. The Morgan fingerprint density at radius 1 is 1.11 bits per heavy atom. The molecule has 0 radical (unpaired) electrons. The summed E-state index contributed by atoms with van der Waals surface area (Å²) in [5, 5.41) is 7.37. The lowest BCUT2D eigenvalue weighted by atomic mass is 9.73. The molecule has 0 spiro atoms. The van der Waals surface area contributed by atoms with E-state index in [1.807, 2.05) is 60.8 Å². The summed E-state index contributed by atoms with van der Waals surface area (Å²) in [6.07, 6.45) is 4.94. The Balaban J connectivity index is 1.63. The zero-order chi connectivity index (χ0) is 18.7. The number of amides is 1. The van der Waals surface area contributed by atoms with Gasteiger partial charge in [-0.1, -0.05) is 34.1 Å². The van der Waals surface area contributed by atoms with E-state index in [9.17, 15) is 4.79 Å². The number of benzene rings is 2. The molecule has 138 valence electrons. The van der Waals surface area contributed by atoms with Crippen molar-refractivity contribution in [2.75, 3.05) is 18.5 Å². The monoisotopic (exact) mass is 425 g/mol. The number of hydrogen-bond acceptors (Lipinski definition) is 3. The van der Waals surface area contributed by atoms with Crippen LogP contribution in [0.5, 0.6) is 0 Å². The van der Waals surface area contributed by atoms with Gasteiger partial charge in [0.2, 0.25) is 5.91 Å². The molecule has 1 aliphatic rings. The standard InChI is InChI=1S/C21H20BrN3O2/c22-17-7-5-16(6-8-17)21(9-13-27-14-10-21)20(26)24-18-3-1-4-19(15-18)25-12-2-11-23-25/h1-8,11-12,15H,9-10,13-14H2,(H,24,26). The number of aromatic nitrogens is 2. The van der Waals surface area contributed by atoms with Crippen LogP contribution < -0.4 is 5.32 Å². The first-order valence-electron chi connectivity index (χ1n) is 8.93. The number of nitrogens with one attached hydrogen (secondary N) is 1. The molecule has 2 heterocycles. The molecule has 4 rings (SSSR count). The molecule has 0 aliphatic carbocycles. The van der Waals surface area contributed by atoms with E-state index in [0.29, 0.717) is 26.1 Å². The van der Waals surface area contributed by atoms with Gasteiger partial charge in [0.25, 0.3) is 0 Å². The topological polar surface area (TPSA) is 56.2 Å². The largest absolute Gasteiger partial charge is 0.381 e. The molecule has 5 nitrogen and oxygen atoms in total. The van der Waals surface area contributed by atoms with Gasteiger partial charge in [-0.05, 0) is 54.8 Å². The number of carbonyl (C=O) groups excluding carboxylic acids is 1. The van der Waals surface area contributed by atoms with Crippen molar-refractivity contribution >= 4 is 27.5 Å². The number of rotatable bonds is 4. The fourth-order valence-corrected chi connectivity index (χ4v) is 3.80. The van der Waals surface area contributed by atoms with E-state index in [-0.39, 0.29) is 5.91 Å². The Hall–Kier alpha value is -2.44. The van der Waals surface area contributed by atoms with Gasteiger partial charge in [0.1, 0.15) is 0 Å². The van der Waals surface area contributed by atoms with Crippen LogP contribution in [0.25, 0.3) is 5.69 Å². The predicted molar refractivity (Wildman–Crippen MR) is 108 cm³/mol. The number of hydrogen-bond donors (Lipinski definition) is 1. The van der Waals surface area contributed by atoms with Crippen LogP contribution >= 0.6 is 15.9 Å². The summed E-state index contributed by atoms with van der Waals surface area (Å²) in [5.41, 5.74) is 2.11. The molecule has 6 heteroatoms. The number of halogens is 1. The fraction of sp³-hybridized carbons (Fsp3) is 0.238. The molecule has 0 bridgehead atoms. The van der Waals surface area contributed by atoms with Crippen LogP contribution in [-0.2, 0) is 14.9 Å². The van der Waals surface area contributed by atoms with Gasteiger partial charge in [-0.3, -0.25) is 4.79 Å². The smallest absolute Gasteiger partial charge is 0.235 e. The van der Waals surface area contributed by atoms with Gasteiger partial charge in [-0.2, -0.15) is 5.10 Å². The Labute approximate surface area is 166 Å². The van der Waals surface area contributed by atoms with Gasteiger partial charge >= 0.3 is 0 Å². The van der Waals surface area contributed by atoms with E-state index in [1.54, 1.807) is 10.9 Å². The third-order valence-corrected chi connectivity index (χ3v) is 5.58. The summed E-state index contributed by atoms with van der Waals surface area (Å²) < 4.78 is 8.31. The van der Waals surface area contributed by atoms with Gasteiger partial charge in [0.05, 0.1) is 11.1 Å². The van der Waals surface area contributed by atoms with Crippen molar-refractivity contribution in [3.63, 3.8) is 0 Å². The number of nitrogens with zero attached hydrogens (tertiary/aromatic N) is 2. The summed E-state index contributed by atoms with van der Waals surface area (Å²) in [6, 6.07) is 17.6. The second kappa shape index (κ2) is 7.66. The zero-order valence-corrected chi connectivity index (χ0v) is 16.4. The molecule has 1 aliphatic heterocycles. The van der Waals surface area contributed by atoms with Crippen molar-refractivity contribution in [1.82, 2.24) is 9.78 Å². The molecule has 1 aromatic heterocycles. The van der Waals surface area contributed by atoms with Gasteiger partial charge < -0.3 is 10.1 Å². The van der Waals surface area contributed by atoms with E-state index in [0.717, 1.165) is 21.4 Å². The van der Waals surface area contributed by atoms with Crippen LogP contribution in [0.2, 0.25) is 0 Å². The Morgan fingerprint density at radius 3 is 2.59 bits per heavy atom. The van der Waals surface area contributed by atoms with E-state index in [2.05, 4.69) is 26.3 Å². The van der Waals surface area contributed by atoms with Crippen molar-refractivity contribution < 1.29 is 9.53 Å². The first-order valence-corrected chi connectivity index (χ1v) is 9.72. The first-order chi connectivity index (χ1) is 13.2.